The van der Waals surface area contributed by atoms with Gasteiger partial charge in [0.2, 0.25) is 5.82 Å². The van der Waals surface area contributed by atoms with Gasteiger partial charge >= 0.3 is 5.69 Å². The number of ether oxygens (including phenoxy) is 2. The number of methoxy groups -OCH3 is 1. The van der Waals surface area contributed by atoms with E-state index < -0.39 is 4.92 Å². The maximum atomic E-state index is 11.3. The molecule has 0 aliphatic heterocycles. The van der Waals surface area contributed by atoms with Gasteiger partial charge in [-0.05, 0) is 25.7 Å². The third-order valence-corrected chi connectivity index (χ3v) is 3.40. The molecule has 21 heavy (non-hydrogen) atoms. The number of aromatic nitrogens is 2. The number of rotatable bonds is 7. The van der Waals surface area contributed by atoms with Crippen LogP contribution in [-0.4, -0.2) is 41.3 Å². The van der Waals surface area contributed by atoms with Crippen molar-refractivity contribution in [2.45, 2.75) is 38.2 Å². The maximum Gasteiger partial charge on any atom is 0.372 e. The minimum Gasteiger partial charge on any atom is -0.469 e. The van der Waals surface area contributed by atoms with Crippen molar-refractivity contribution >= 4 is 11.5 Å². The van der Waals surface area contributed by atoms with Crippen molar-refractivity contribution in [1.29, 1.82) is 0 Å². The molecule has 116 valence electrons. The molecule has 0 unspecified atom stereocenters. The van der Waals surface area contributed by atoms with Crippen molar-refractivity contribution in [2.24, 2.45) is 0 Å². The molecule has 8 heteroatoms. The molecule has 1 aromatic heterocycles. The van der Waals surface area contributed by atoms with Crippen LogP contribution in [0.15, 0.2) is 6.33 Å². The third kappa shape index (κ3) is 4.25. The van der Waals surface area contributed by atoms with E-state index in [-0.39, 0.29) is 23.5 Å². The Bertz CT molecular complexity index is 477. The summed E-state index contributed by atoms with van der Waals surface area (Å²) in [6.45, 7) is 0.858. The van der Waals surface area contributed by atoms with E-state index in [1.807, 2.05) is 0 Å². The first-order chi connectivity index (χ1) is 10.2. The van der Waals surface area contributed by atoms with Crippen LogP contribution in [0.4, 0.5) is 11.5 Å². The van der Waals surface area contributed by atoms with Crippen LogP contribution >= 0.6 is 0 Å². The second-order valence-corrected chi connectivity index (χ2v) is 4.93. The van der Waals surface area contributed by atoms with Crippen LogP contribution < -0.4 is 10.1 Å². The van der Waals surface area contributed by atoms with E-state index >= 15 is 0 Å². The van der Waals surface area contributed by atoms with Gasteiger partial charge in [0.25, 0.3) is 5.88 Å². The predicted octanol–water partition coefficient (Wildman–Crippen LogP) is 2.15. The fourth-order valence-corrected chi connectivity index (χ4v) is 2.36. The second-order valence-electron chi connectivity index (χ2n) is 4.93. The van der Waals surface area contributed by atoms with Gasteiger partial charge in [-0.2, -0.15) is 4.98 Å². The molecular formula is C13H20N4O4. The summed E-state index contributed by atoms with van der Waals surface area (Å²) in [7, 11) is 1.56. The lowest BCUT2D eigenvalue weighted by molar-refractivity contribution is -0.385. The van der Waals surface area contributed by atoms with Crippen LogP contribution in [-0.2, 0) is 4.74 Å². The quantitative estimate of drug-likeness (QED) is 0.467. The molecule has 0 atom stereocenters. The highest BCUT2D eigenvalue weighted by Gasteiger charge is 2.27. The summed E-state index contributed by atoms with van der Waals surface area (Å²) >= 11 is 0. The van der Waals surface area contributed by atoms with Crippen LogP contribution in [0.1, 0.15) is 32.1 Å². The standard InChI is InChI=1S/C13H20N4O4/c1-20-8-7-14-12-11(17(18)19)13(16-9-15-12)21-10-5-3-2-4-6-10/h9-10H,2-8H2,1H3,(H,14,15,16). The van der Waals surface area contributed by atoms with E-state index in [1.165, 1.54) is 12.7 Å². The van der Waals surface area contributed by atoms with E-state index in [0.717, 1.165) is 25.7 Å². The lowest BCUT2D eigenvalue weighted by atomic mass is 9.98. The molecule has 0 aromatic carbocycles. The molecule has 0 saturated heterocycles. The summed E-state index contributed by atoms with van der Waals surface area (Å²) in [5, 5.41) is 14.2. The lowest BCUT2D eigenvalue weighted by Crippen LogP contribution is -2.21. The summed E-state index contributed by atoms with van der Waals surface area (Å²) in [5.74, 6) is 0.208. The molecule has 1 aliphatic rings. The maximum absolute atomic E-state index is 11.3. The Labute approximate surface area is 123 Å². The van der Waals surface area contributed by atoms with Crippen LogP contribution in [0.3, 0.4) is 0 Å². The van der Waals surface area contributed by atoms with Crippen LogP contribution in [0.2, 0.25) is 0 Å². The van der Waals surface area contributed by atoms with Crippen LogP contribution in [0, 0.1) is 10.1 Å². The summed E-state index contributed by atoms with van der Waals surface area (Å²) in [6, 6.07) is 0. The smallest absolute Gasteiger partial charge is 0.372 e. The molecule has 0 bridgehead atoms. The Balaban J connectivity index is 2.14. The summed E-state index contributed by atoms with van der Waals surface area (Å²) in [5.41, 5.74) is -0.209. The second kappa shape index (κ2) is 7.72. The summed E-state index contributed by atoms with van der Waals surface area (Å²) in [4.78, 5) is 18.6. The number of nitro groups is 1. The summed E-state index contributed by atoms with van der Waals surface area (Å²) < 4.78 is 10.6. The zero-order valence-corrected chi connectivity index (χ0v) is 12.1. The van der Waals surface area contributed by atoms with E-state index in [1.54, 1.807) is 7.11 Å². The Morgan fingerprint density at radius 3 is 2.81 bits per heavy atom. The van der Waals surface area contributed by atoms with Gasteiger partial charge < -0.3 is 14.8 Å². The first-order valence-electron chi connectivity index (χ1n) is 7.11. The average molecular weight is 296 g/mol. The average Bonchev–Trinajstić information content (AvgIpc) is 2.48. The number of nitrogens with zero attached hydrogens (tertiary/aromatic N) is 3. The van der Waals surface area contributed by atoms with Crippen molar-refractivity contribution in [3.63, 3.8) is 0 Å². The fourth-order valence-electron chi connectivity index (χ4n) is 2.36. The van der Waals surface area contributed by atoms with E-state index in [9.17, 15) is 10.1 Å². The van der Waals surface area contributed by atoms with Crippen LogP contribution in [0.5, 0.6) is 5.88 Å². The molecule has 1 saturated carbocycles. The van der Waals surface area contributed by atoms with Crippen molar-refractivity contribution < 1.29 is 14.4 Å². The van der Waals surface area contributed by atoms with Gasteiger partial charge in [0.1, 0.15) is 12.4 Å². The monoisotopic (exact) mass is 296 g/mol. The molecule has 1 N–H and O–H groups in total. The number of anilines is 1. The third-order valence-electron chi connectivity index (χ3n) is 3.40. The topological polar surface area (TPSA) is 99.4 Å². The highest BCUT2D eigenvalue weighted by molar-refractivity contribution is 5.61. The Morgan fingerprint density at radius 1 is 1.38 bits per heavy atom. The fraction of sp³-hybridized carbons (Fsp3) is 0.692. The van der Waals surface area contributed by atoms with Crippen molar-refractivity contribution in [3.8, 4) is 5.88 Å². The molecule has 0 radical (unpaired) electrons. The first kappa shape index (κ1) is 15.4. The first-order valence-corrected chi connectivity index (χ1v) is 7.11. The Kier molecular flexibility index (Phi) is 5.68. The minimum atomic E-state index is -0.507. The van der Waals surface area contributed by atoms with Gasteiger partial charge in [-0.25, -0.2) is 4.98 Å². The van der Waals surface area contributed by atoms with E-state index in [2.05, 4.69) is 15.3 Å². The lowest BCUT2D eigenvalue weighted by Gasteiger charge is -2.22. The predicted molar refractivity (Wildman–Crippen MR) is 76.6 cm³/mol. The number of nitrogens with one attached hydrogen (secondary N) is 1. The van der Waals surface area contributed by atoms with Gasteiger partial charge in [-0.15, -0.1) is 0 Å². The van der Waals surface area contributed by atoms with Gasteiger partial charge in [0.15, 0.2) is 0 Å². The van der Waals surface area contributed by atoms with Gasteiger partial charge in [0, 0.05) is 13.7 Å². The molecule has 1 aliphatic carbocycles. The zero-order valence-electron chi connectivity index (χ0n) is 12.1. The minimum absolute atomic E-state index is 0.000764. The van der Waals surface area contributed by atoms with E-state index in [4.69, 9.17) is 9.47 Å². The Hall–Kier alpha value is -1.96. The normalized spacial score (nSPS) is 15.7. The van der Waals surface area contributed by atoms with Crippen molar-refractivity contribution in [1.82, 2.24) is 9.97 Å². The molecule has 8 nitrogen and oxygen atoms in total. The van der Waals surface area contributed by atoms with Crippen molar-refractivity contribution in [2.75, 3.05) is 25.6 Å². The Morgan fingerprint density at radius 2 is 2.14 bits per heavy atom. The number of hydrogen-bond donors (Lipinski definition) is 1. The molecule has 2 rings (SSSR count). The van der Waals surface area contributed by atoms with Crippen molar-refractivity contribution in [3.05, 3.63) is 16.4 Å². The van der Waals surface area contributed by atoms with E-state index in [0.29, 0.717) is 13.2 Å². The highest BCUT2D eigenvalue weighted by Crippen LogP contribution is 2.33. The molecule has 1 aromatic rings. The van der Waals surface area contributed by atoms with Gasteiger partial charge in [-0.1, -0.05) is 6.42 Å². The molecule has 1 fully saturated rings. The molecule has 1 heterocycles. The van der Waals surface area contributed by atoms with Gasteiger partial charge in [-0.3, -0.25) is 10.1 Å². The highest BCUT2D eigenvalue weighted by atomic mass is 16.6. The number of hydrogen-bond acceptors (Lipinski definition) is 7. The van der Waals surface area contributed by atoms with Gasteiger partial charge in [0.05, 0.1) is 11.5 Å². The largest absolute Gasteiger partial charge is 0.469 e. The SMILES string of the molecule is COCCNc1ncnc(OC2CCCCC2)c1[N+](=O)[O-]. The molecule has 0 spiro atoms. The molecule has 0 amide bonds. The summed E-state index contributed by atoms with van der Waals surface area (Å²) in [6.07, 6.45) is 6.46. The zero-order chi connectivity index (χ0) is 15.1. The van der Waals surface area contributed by atoms with Crippen LogP contribution in [0.25, 0.3) is 0 Å². The molecular weight excluding hydrogens is 276 g/mol.